The number of rotatable bonds is 5. The van der Waals surface area contributed by atoms with E-state index in [4.69, 9.17) is 10.5 Å². The Labute approximate surface area is 117 Å². The Balaban J connectivity index is 2.11. The fraction of sp³-hybridized carbons (Fsp3) is 0.250. The summed E-state index contributed by atoms with van der Waals surface area (Å²) in [7, 11) is -0.491. The molecule has 1 heterocycles. The highest BCUT2D eigenvalue weighted by Crippen LogP contribution is 2.16. The number of benzene rings is 1. The number of methoxy groups -OCH3 is 1. The number of ether oxygens (including phenoxy) is 1. The number of nitrogens with one attached hydrogen (secondary N) is 1. The molecule has 0 aliphatic heterocycles. The second kappa shape index (κ2) is 5.51. The van der Waals surface area contributed by atoms with Crippen molar-refractivity contribution in [2.24, 2.45) is 7.05 Å². The summed E-state index contributed by atoms with van der Waals surface area (Å²) < 4.78 is 33.1. The van der Waals surface area contributed by atoms with Gasteiger partial charge in [-0.3, -0.25) is 4.68 Å². The molecule has 7 nitrogen and oxygen atoms in total. The van der Waals surface area contributed by atoms with Gasteiger partial charge in [0.1, 0.15) is 10.6 Å². The number of nitrogens with zero attached hydrogens (tertiary/aromatic N) is 2. The SMILES string of the molecule is COc1ccc(CNS(=O)(=O)c2cn(C)nc2N)cc1. The number of hydrogen-bond donors (Lipinski definition) is 2. The maximum atomic E-state index is 12.1. The highest BCUT2D eigenvalue weighted by Gasteiger charge is 2.20. The van der Waals surface area contributed by atoms with E-state index < -0.39 is 10.0 Å². The Morgan fingerprint density at radius 1 is 1.35 bits per heavy atom. The molecule has 2 aromatic rings. The van der Waals surface area contributed by atoms with Crippen molar-refractivity contribution in [1.29, 1.82) is 0 Å². The predicted molar refractivity (Wildman–Crippen MR) is 74.6 cm³/mol. The molecule has 0 saturated carbocycles. The lowest BCUT2D eigenvalue weighted by atomic mass is 10.2. The normalized spacial score (nSPS) is 11.5. The van der Waals surface area contributed by atoms with Gasteiger partial charge in [-0.05, 0) is 17.7 Å². The molecule has 0 atom stereocenters. The third-order valence-electron chi connectivity index (χ3n) is 2.74. The lowest BCUT2D eigenvalue weighted by Gasteiger charge is -2.06. The van der Waals surface area contributed by atoms with E-state index >= 15 is 0 Å². The smallest absolute Gasteiger partial charge is 0.246 e. The molecule has 0 bridgehead atoms. The van der Waals surface area contributed by atoms with Gasteiger partial charge in [-0.2, -0.15) is 5.10 Å². The zero-order valence-electron chi connectivity index (χ0n) is 11.2. The quantitative estimate of drug-likeness (QED) is 0.836. The third-order valence-corrected chi connectivity index (χ3v) is 4.15. The number of aryl methyl sites for hydroxylation is 1. The number of aromatic nitrogens is 2. The van der Waals surface area contributed by atoms with Crippen molar-refractivity contribution in [3.8, 4) is 5.75 Å². The Bertz CT molecular complexity index is 692. The first kappa shape index (κ1) is 14.4. The molecule has 108 valence electrons. The maximum absolute atomic E-state index is 12.1. The molecule has 2 rings (SSSR count). The van der Waals surface area contributed by atoms with Crippen molar-refractivity contribution in [2.45, 2.75) is 11.4 Å². The summed E-state index contributed by atoms with van der Waals surface area (Å²) in [6, 6.07) is 7.10. The zero-order valence-corrected chi connectivity index (χ0v) is 12.0. The minimum atomic E-state index is -3.67. The minimum Gasteiger partial charge on any atom is -0.497 e. The van der Waals surface area contributed by atoms with Crippen LogP contribution in [0.25, 0.3) is 0 Å². The molecule has 0 fully saturated rings. The zero-order chi connectivity index (χ0) is 14.8. The van der Waals surface area contributed by atoms with Gasteiger partial charge in [0.15, 0.2) is 5.82 Å². The van der Waals surface area contributed by atoms with E-state index in [1.807, 2.05) is 0 Å². The van der Waals surface area contributed by atoms with Gasteiger partial charge in [-0.1, -0.05) is 12.1 Å². The monoisotopic (exact) mass is 296 g/mol. The van der Waals surface area contributed by atoms with Crippen LogP contribution in [0.15, 0.2) is 35.4 Å². The maximum Gasteiger partial charge on any atom is 0.246 e. The van der Waals surface area contributed by atoms with E-state index in [0.717, 1.165) is 5.56 Å². The van der Waals surface area contributed by atoms with E-state index in [1.165, 1.54) is 10.9 Å². The minimum absolute atomic E-state index is 0.0188. The summed E-state index contributed by atoms with van der Waals surface area (Å²) >= 11 is 0. The molecule has 3 N–H and O–H groups in total. The molecular weight excluding hydrogens is 280 g/mol. The van der Waals surface area contributed by atoms with Gasteiger partial charge in [-0.25, -0.2) is 13.1 Å². The molecular formula is C12H16N4O3S. The Hall–Kier alpha value is -2.06. The van der Waals surface area contributed by atoms with Crippen LogP contribution in [-0.4, -0.2) is 25.3 Å². The molecule has 0 amide bonds. The standard InChI is InChI=1S/C12H16N4O3S/c1-16-8-11(12(13)15-16)20(17,18)14-7-9-3-5-10(19-2)6-4-9/h3-6,8,14H,7H2,1-2H3,(H2,13,15). The average Bonchev–Trinajstić information content (AvgIpc) is 2.77. The first-order chi connectivity index (χ1) is 9.42. The van der Waals surface area contributed by atoms with E-state index in [2.05, 4.69) is 9.82 Å². The fourth-order valence-electron chi connectivity index (χ4n) is 1.69. The largest absolute Gasteiger partial charge is 0.497 e. The van der Waals surface area contributed by atoms with Crippen LogP contribution >= 0.6 is 0 Å². The van der Waals surface area contributed by atoms with Gasteiger partial charge in [0.05, 0.1) is 7.11 Å². The van der Waals surface area contributed by atoms with Crippen molar-refractivity contribution in [3.05, 3.63) is 36.0 Å². The average molecular weight is 296 g/mol. The number of sulfonamides is 1. The predicted octanol–water partition coefficient (Wildman–Crippen LogP) is 0.489. The summed E-state index contributed by atoms with van der Waals surface area (Å²) in [5, 5.41) is 3.81. The molecule has 0 unspecified atom stereocenters. The van der Waals surface area contributed by atoms with Crippen molar-refractivity contribution in [1.82, 2.24) is 14.5 Å². The Kier molecular flexibility index (Phi) is 3.96. The van der Waals surface area contributed by atoms with E-state index in [9.17, 15) is 8.42 Å². The Morgan fingerprint density at radius 2 is 2.00 bits per heavy atom. The molecule has 0 spiro atoms. The van der Waals surface area contributed by atoms with E-state index in [0.29, 0.717) is 5.75 Å². The highest BCUT2D eigenvalue weighted by molar-refractivity contribution is 7.89. The molecule has 20 heavy (non-hydrogen) atoms. The van der Waals surface area contributed by atoms with Gasteiger partial charge in [-0.15, -0.1) is 0 Å². The van der Waals surface area contributed by atoms with Crippen LogP contribution in [-0.2, 0) is 23.6 Å². The van der Waals surface area contributed by atoms with Crippen LogP contribution in [0.2, 0.25) is 0 Å². The summed E-state index contributed by atoms with van der Waals surface area (Å²) in [4.78, 5) is -0.0199. The summed E-state index contributed by atoms with van der Waals surface area (Å²) in [5.74, 6) is 0.697. The van der Waals surface area contributed by atoms with Gasteiger partial charge < -0.3 is 10.5 Å². The van der Waals surface area contributed by atoms with Crippen LogP contribution in [0.1, 0.15) is 5.56 Å². The Morgan fingerprint density at radius 3 is 2.50 bits per heavy atom. The molecule has 0 aliphatic rings. The second-order valence-electron chi connectivity index (χ2n) is 4.22. The highest BCUT2D eigenvalue weighted by atomic mass is 32.2. The van der Waals surface area contributed by atoms with E-state index in [-0.39, 0.29) is 17.3 Å². The number of anilines is 1. The van der Waals surface area contributed by atoms with Crippen LogP contribution in [0.5, 0.6) is 5.75 Å². The lowest BCUT2D eigenvalue weighted by Crippen LogP contribution is -2.23. The number of hydrogen-bond acceptors (Lipinski definition) is 5. The molecule has 1 aromatic carbocycles. The van der Waals surface area contributed by atoms with Crippen molar-refractivity contribution >= 4 is 15.8 Å². The van der Waals surface area contributed by atoms with Crippen molar-refractivity contribution in [3.63, 3.8) is 0 Å². The van der Waals surface area contributed by atoms with Gasteiger partial charge in [0.25, 0.3) is 0 Å². The topological polar surface area (TPSA) is 99.2 Å². The van der Waals surface area contributed by atoms with Crippen LogP contribution in [0, 0.1) is 0 Å². The lowest BCUT2D eigenvalue weighted by molar-refractivity contribution is 0.414. The van der Waals surface area contributed by atoms with Gasteiger partial charge in [0.2, 0.25) is 10.0 Å². The second-order valence-corrected chi connectivity index (χ2v) is 5.96. The summed E-state index contributed by atoms with van der Waals surface area (Å²) in [5.41, 5.74) is 6.38. The first-order valence-electron chi connectivity index (χ1n) is 5.84. The fourth-order valence-corrected chi connectivity index (χ4v) is 2.81. The molecule has 0 aliphatic carbocycles. The number of nitrogens with two attached hydrogens (primary N) is 1. The van der Waals surface area contributed by atoms with Crippen LogP contribution in [0.3, 0.4) is 0 Å². The molecule has 1 aromatic heterocycles. The first-order valence-corrected chi connectivity index (χ1v) is 7.32. The summed E-state index contributed by atoms with van der Waals surface area (Å²) in [6.45, 7) is 0.167. The summed E-state index contributed by atoms with van der Waals surface area (Å²) in [6.07, 6.45) is 1.37. The number of nitrogen functional groups attached to an aromatic ring is 1. The third kappa shape index (κ3) is 3.09. The van der Waals surface area contributed by atoms with Crippen LogP contribution in [0.4, 0.5) is 5.82 Å². The van der Waals surface area contributed by atoms with E-state index in [1.54, 1.807) is 38.4 Å². The van der Waals surface area contributed by atoms with Gasteiger partial charge >= 0.3 is 0 Å². The van der Waals surface area contributed by atoms with Crippen molar-refractivity contribution < 1.29 is 13.2 Å². The molecule has 8 heteroatoms. The molecule has 0 radical (unpaired) electrons. The van der Waals surface area contributed by atoms with Gasteiger partial charge in [0, 0.05) is 19.8 Å². The molecule has 0 saturated heterocycles. The van der Waals surface area contributed by atoms with Crippen LogP contribution < -0.4 is 15.2 Å². The van der Waals surface area contributed by atoms with Crippen molar-refractivity contribution in [2.75, 3.05) is 12.8 Å².